The standard InChI is InChI=1S/C23H25ClN2O4S2/c1-14(2)11-26(32(29)23-25-16(4)13-31-23)20-9-15(3)19(24)10-21(20)30-12-17-5-7-18(8-6-17)22(27)28/h5-10,13-14H,11-12H2,1-4H3,(H,27,28). The predicted molar refractivity (Wildman–Crippen MR) is 129 cm³/mol. The summed E-state index contributed by atoms with van der Waals surface area (Å²) in [5.74, 6) is -0.230. The number of nitrogens with zero attached hydrogens (tertiary/aromatic N) is 2. The van der Waals surface area contributed by atoms with Gasteiger partial charge in [0.2, 0.25) is 4.34 Å². The Kier molecular flexibility index (Phi) is 7.92. The van der Waals surface area contributed by atoms with Crippen molar-refractivity contribution in [1.82, 2.24) is 4.98 Å². The van der Waals surface area contributed by atoms with Crippen LogP contribution in [-0.4, -0.2) is 26.8 Å². The first-order valence-corrected chi connectivity index (χ1v) is 12.4. The summed E-state index contributed by atoms with van der Waals surface area (Å²) in [6, 6.07) is 10.1. The van der Waals surface area contributed by atoms with E-state index in [2.05, 4.69) is 18.8 Å². The van der Waals surface area contributed by atoms with Crippen LogP contribution in [0.1, 0.15) is 41.0 Å². The first-order valence-electron chi connectivity index (χ1n) is 10.0. The summed E-state index contributed by atoms with van der Waals surface area (Å²) in [7, 11) is -1.50. The van der Waals surface area contributed by atoms with Crippen molar-refractivity contribution < 1.29 is 18.8 Å². The van der Waals surface area contributed by atoms with Crippen molar-refractivity contribution in [3.05, 3.63) is 69.2 Å². The van der Waals surface area contributed by atoms with Crippen molar-refractivity contribution in [2.24, 2.45) is 5.92 Å². The molecule has 170 valence electrons. The number of halogens is 1. The smallest absolute Gasteiger partial charge is 0.335 e. The fraction of sp³-hybridized carbons (Fsp3) is 0.304. The van der Waals surface area contributed by atoms with Crippen molar-refractivity contribution in [3.63, 3.8) is 0 Å². The van der Waals surface area contributed by atoms with Crippen LogP contribution >= 0.6 is 22.9 Å². The zero-order chi connectivity index (χ0) is 23.4. The lowest BCUT2D eigenvalue weighted by Crippen LogP contribution is -2.30. The normalized spacial score (nSPS) is 12.1. The monoisotopic (exact) mass is 492 g/mol. The molecule has 32 heavy (non-hydrogen) atoms. The molecule has 3 aromatic rings. The van der Waals surface area contributed by atoms with Gasteiger partial charge in [-0.15, -0.1) is 11.3 Å². The van der Waals surface area contributed by atoms with Crippen LogP contribution in [0.15, 0.2) is 46.1 Å². The summed E-state index contributed by atoms with van der Waals surface area (Å²) in [6.45, 7) is 8.64. The van der Waals surface area contributed by atoms with E-state index in [1.807, 2.05) is 25.3 Å². The summed E-state index contributed by atoms with van der Waals surface area (Å²) < 4.78 is 21.9. The fourth-order valence-electron chi connectivity index (χ4n) is 2.96. The Morgan fingerprint density at radius 2 is 1.94 bits per heavy atom. The number of aromatic carboxylic acids is 1. The van der Waals surface area contributed by atoms with E-state index in [1.54, 1.807) is 22.5 Å². The number of ether oxygens (including phenoxy) is 1. The maximum atomic E-state index is 13.5. The Balaban J connectivity index is 1.94. The van der Waals surface area contributed by atoms with Crippen molar-refractivity contribution in [1.29, 1.82) is 0 Å². The van der Waals surface area contributed by atoms with Crippen LogP contribution in [0, 0.1) is 19.8 Å². The second-order valence-electron chi connectivity index (χ2n) is 7.82. The van der Waals surface area contributed by atoms with Gasteiger partial charge >= 0.3 is 5.97 Å². The molecule has 0 aliphatic rings. The number of carbonyl (C=O) groups is 1. The van der Waals surface area contributed by atoms with Gasteiger partial charge in [0.15, 0.2) is 11.0 Å². The zero-order valence-corrected chi connectivity index (χ0v) is 20.7. The molecule has 1 N–H and O–H groups in total. The number of aromatic nitrogens is 1. The Morgan fingerprint density at radius 3 is 2.50 bits per heavy atom. The molecule has 0 radical (unpaired) electrons. The fourth-order valence-corrected chi connectivity index (χ4v) is 5.54. The van der Waals surface area contributed by atoms with Crippen molar-refractivity contribution in [2.45, 2.75) is 38.6 Å². The van der Waals surface area contributed by atoms with Gasteiger partial charge < -0.3 is 9.84 Å². The third kappa shape index (κ3) is 5.88. The molecule has 1 atom stereocenters. The lowest BCUT2D eigenvalue weighted by molar-refractivity contribution is 0.0697. The van der Waals surface area contributed by atoms with E-state index in [4.69, 9.17) is 21.4 Å². The average Bonchev–Trinajstić information content (AvgIpc) is 3.18. The lowest BCUT2D eigenvalue weighted by atomic mass is 10.1. The van der Waals surface area contributed by atoms with Gasteiger partial charge in [0.05, 0.1) is 11.3 Å². The summed E-state index contributed by atoms with van der Waals surface area (Å²) in [5, 5.41) is 11.5. The van der Waals surface area contributed by atoms with Crippen LogP contribution in [0.2, 0.25) is 5.02 Å². The molecule has 0 fully saturated rings. The van der Waals surface area contributed by atoms with Crippen LogP contribution in [0.4, 0.5) is 5.69 Å². The van der Waals surface area contributed by atoms with Gasteiger partial charge in [-0.1, -0.05) is 37.6 Å². The molecular formula is C23H25ClN2O4S2. The van der Waals surface area contributed by atoms with Crippen LogP contribution in [0.25, 0.3) is 0 Å². The van der Waals surface area contributed by atoms with Gasteiger partial charge in [0.25, 0.3) is 0 Å². The molecule has 0 bridgehead atoms. The molecule has 0 saturated heterocycles. The van der Waals surface area contributed by atoms with Crippen LogP contribution in [0.3, 0.4) is 0 Å². The van der Waals surface area contributed by atoms with Gasteiger partial charge in [-0.25, -0.2) is 14.0 Å². The van der Waals surface area contributed by atoms with E-state index in [0.29, 0.717) is 27.3 Å². The number of hydrogen-bond acceptors (Lipinski definition) is 5. The molecule has 1 aromatic heterocycles. The van der Waals surface area contributed by atoms with Gasteiger partial charge in [-0.05, 0) is 49.1 Å². The first kappa shape index (κ1) is 24.2. The van der Waals surface area contributed by atoms with Crippen molar-refractivity contribution in [3.8, 4) is 5.75 Å². The summed E-state index contributed by atoms with van der Waals surface area (Å²) >= 11 is 7.75. The minimum atomic E-state index is -1.50. The van der Waals surface area contributed by atoms with Crippen LogP contribution in [0.5, 0.6) is 5.75 Å². The molecule has 0 spiro atoms. The third-order valence-electron chi connectivity index (χ3n) is 4.58. The summed E-state index contributed by atoms with van der Waals surface area (Å²) in [5.41, 5.74) is 3.38. The minimum Gasteiger partial charge on any atom is -0.487 e. The molecular weight excluding hydrogens is 468 g/mol. The number of aryl methyl sites for hydroxylation is 2. The Labute approximate surface area is 199 Å². The second kappa shape index (κ2) is 10.5. The molecule has 9 heteroatoms. The maximum absolute atomic E-state index is 13.5. The molecule has 3 rings (SSSR count). The molecule has 1 unspecified atom stereocenters. The van der Waals surface area contributed by atoms with Gasteiger partial charge in [-0.2, -0.15) is 0 Å². The third-order valence-corrected chi connectivity index (χ3v) is 7.59. The molecule has 0 aliphatic carbocycles. The van der Waals surface area contributed by atoms with E-state index in [-0.39, 0.29) is 18.1 Å². The van der Waals surface area contributed by atoms with E-state index in [9.17, 15) is 9.00 Å². The van der Waals surface area contributed by atoms with Crippen molar-refractivity contribution in [2.75, 3.05) is 10.8 Å². The van der Waals surface area contributed by atoms with Gasteiger partial charge in [0, 0.05) is 28.7 Å². The summed E-state index contributed by atoms with van der Waals surface area (Å²) in [6.07, 6.45) is 0. The first-order chi connectivity index (χ1) is 15.2. The van der Waals surface area contributed by atoms with E-state index < -0.39 is 17.0 Å². The highest BCUT2D eigenvalue weighted by Gasteiger charge is 2.24. The number of carboxylic acid groups (broad SMARTS) is 1. The van der Waals surface area contributed by atoms with E-state index in [0.717, 1.165) is 16.8 Å². The predicted octanol–water partition coefficient (Wildman–Crippen LogP) is 5.88. The summed E-state index contributed by atoms with van der Waals surface area (Å²) in [4.78, 5) is 15.5. The average molecular weight is 493 g/mol. The van der Waals surface area contributed by atoms with Gasteiger partial charge in [0.1, 0.15) is 12.4 Å². The number of rotatable bonds is 9. The van der Waals surface area contributed by atoms with Crippen molar-refractivity contribution >= 4 is 45.6 Å². The topological polar surface area (TPSA) is 79.7 Å². The quantitative estimate of drug-likeness (QED) is 0.403. The highest BCUT2D eigenvalue weighted by molar-refractivity contribution is 7.88. The maximum Gasteiger partial charge on any atom is 0.335 e. The molecule has 0 saturated carbocycles. The van der Waals surface area contributed by atoms with Crippen LogP contribution in [-0.2, 0) is 17.6 Å². The molecule has 0 aliphatic heterocycles. The number of hydrogen-bond donors (Lipinski definition) is 1. The number of benzene rings is 2. The Morgan fingerprint density at radius 1 is 1.25 bits per heavy atom. The van der Waals surface area contributed by atoms with Gasteiger partial charge in [-0.3, -0.25) is 4.31 Å². The zero-order valence-electron chi connectivity index (χ0n) is 18.3. The largest absolute Gasteiger partial charge is 0.487 e. The molecule has 6 nitrogen and oxygen atoms in total. The SMILES string of the molecule is Cc1csc(S(=O)N(CC(C)C)c2cc(C)c(Cl)cc2OCc2ccc(C(=O)O)cc2)n1. The highest BCUT2D eigenvalue weighted by Crippen LogP contribution is 2.37. The Hall–Kier alpha value is -2.42. The number of carboxylic acids is 1. The van der Waals surface area contributed by atoms with E-state index in [1.165, 1.54) is 23.5 Å². The number of thiazole rings is 1. The van der Waals surface area contributed by atoms with E-state index >= 15 is 0 Å². The molecule has 2 aromatic carbocycles. The second-order valence-corrected chi connectivity index (χ2v) is 10.7. The molecule has 0 amide bonds. The minimum absolute atomic E-state index is 0.213. The Bertz CT molecular complexity index is 1130. The number of anilines is 1. The lowest BCUT2D eigenvalue weighted by Gasteiger charge is -2.27. The van der Waals surface area contributed by atoms with Crippen LogP contribution < -0.4 is 9.04 Å². The highest BCUT2D eigenvalue weighted by atomic mass is 35.5. The molecule has 1 heterocycles.